The van der Waals surface area contributed by atoms with Crippen LogP contribution in [0.4, 0.5) is 0 Å². The highest BCUT2D eigenvalue weighted by Gasteiger charge is 2.21. The molecular formula is C27H33N3O5. The minimum atomic E-state index is -0.572. The molecule has 8 heteroatoms. The van der Waals surface area contributed by atoms with E-state index in [1.807, 2.05) is 43.3 Å². The van der Waals surface area contributed by atoms with Gasteiger partial charge >= 0.3 is 5.63 Å². The Morgan fingerprint density at radius 1 is 1.20 bits per heavy atom. The Hall–Kier alpha value is -3.20. The largest absolute Gasteiger partial charge is 0.494 e. The topological polar surface area (TPSA) is 113 Å². The van der Waals surface area contributed by atoms with Gasteiger partial charge in [-0.25, -0.2) is 10.3 Å². The number of aryl methyl sites for hydroxylation is 2. The van der Waals surface area contributed by atoms with Crippen molar-refractivity contribution in [3.05, 3.63) is 75.6 Å². The normalized spacial score (nSPS) is 16.7. The number of carbonyl (C=O) groups excluding carboxylic acids is 1. The van der Waals surface area contributed by atoms with Gasteiger partial charge in [-0.1, -0.05) is 23.8 Å². The summed E-state index contributed by atoms with van der Waals surface area (Å²) in [6.07, 6.45) is 2.21. The molecule has 3 aromatic rings. The van der Waals surface area contributed by atoms with Crippen LogP contribution in [0, 0.1) is 12.8 Å². The molecule has 0 aliphatic carbocycles. The summed E-state index contributed by atoms with van der Waals surface area (Å²) in [5, 5.41) is 16.9. The van der Waals surface area contributed by atoms with Gasteiger partial charge in [-0.3, -0.25) is 10.0 Å². The van der Waals surface area contributed by atoms with Gasteiger partial charge in [0, 0.05) is 42.5 Å². The van der Waals surface area contributed by atoms with Crippen molar-refractivity contribution in [3.8, 4) is 5.75 Å². The van der Waals surface area contributed by atoms with Crippen LogP contribution in [0.2, 0.25) is 0 Å². The summed E-state index contributed by atoms with van der Waals surface area (Å²) in [5.41, 5.74) is 4.32. The van der Waals surface area contributed by atoms with Gasteiger partial charge in [-0.05, 0) is 68.5 Å². The van der Waals surface area contributed by atoms with Gasteiger partial charge in [0.1, 0.15) is 11.3 Å². The van der Waals surface area contributed by atoms with E-state index in [1.54, 1.807) is 17.6 Å². The Bertz CT molecular complexity index is 1190. The summed E-state index contributed by atoms with van der Waals surface area (Å²) >= 11 is 0. The van der Waals surface area contributed by atoms with E-state index in [4.69, 9.17) is 9.15 Å². The number of hydrogen-bond acceptors (Lipinski definition) is 7. The van der Waals surface area contributed by atoms with E-state index >= 15 is 0 Å². The molecule has 1 aromatic heterocycles. The molecule has 4 N–H and O–H groups in total. The zero-order valence-electron chi connectivity index (χ0n) is 20.0. The first-order valence-electron chi connectivity index (χ1n) is 12.1. The molecule has 35 heavy (non-hydrogen) atoms. The van der Waals surface area contributed by atoms with Crippen LogP contribution in [-0.2, 0) is 17.6 Å². The molecule has 1 fully saturated rings. The lowest BCUT2D eigenvalue weighted by Crippen LogP contribution is -2.48. The third-order valence-corrected chi connectivity index (χ3v) is 6.47. The molecule has 2 unspecified atom stereocenters. The van der Waals surface area contributed by atoms with Crippen molar-refractivity contribution in [2.75, 3.05) is 26.2 Å². The maximum absolute atomic E-state index is 12.5. The van der Waals surface area contributed by atoms with Crippen LogP contribution in [-0.4, -0.2) is 43.4 Å². The lowest BCUT2D eigenvalue weighted by atomic mass is 9.92. The quantitative estimate of drug-likeness (QED) is 0.201. The monoisotopic (exact) mass is 479 g/mol. The molecule has 0 bridgehead atoms. The lowest BCUT2D eigenvalue weighted by Gasteiger charge is -2.24. The highest BCUT2D eigenvalue weighted by atomic mass is 16.5. The zero-order chi connectivity index (χ0) is 24.6. The summed E-state index contributed by atoms with van der Waals surface area (Å²) in [5.74, 6) is -0.275. The van der Waals surface area contributed by atoms with E-state index in [0.29, 0.717) is 36.6 Å². The fraction of sp³-hybridized carbons (Fsp3) is 0.407. The first kappa shape index (κ1) is 24.9. The number of benzene rings is 2. The van der Waals surface area contributed by atoms with Gasteiger partial charge < -0.3 is 19.8 Å². The smallest absolute Gasteiger partial charge is 0.339 e. The van der Waals surface area contributed by atoms with Gasteiger partial charge in [-0.2, -0.15) is 0 Å². The van der Waals surface area contributed by atoms with Crippen molar-refractivity contribution in [1.29, 1.82) is 0 Å². The number of amides is 1. The van der Waals surface area contributed by atoms with Crippen LogP contribution < -0.4 is 26.5 Å². The minimum Gasteiger partial charge on any atom is -0.494 e. The van der Waals surface area contributed by atoms with E-state index in [9.17, 15) is 14.8 Å². The maximum Gasteiger partial charge on any atom is 0.339 e. The maximum atomic E-state index is 12.5. The van der Waals surface area contributed by atoms with Crippen LogP contribution in [0.25, 0.3) is 11.0 Å². The highest BCUT2D eigenvalue weighted by Crippen LogP contribution is 2.20. The van der Waals surface area contributed by atoms with Crippen LogP contribution in [0.5, 0.6) is 5.75 Å². The molecule has 0 radical (unpaired) electrons. The Balaban J connectivity index is 1.34. The van der Waals surface area contributed by atoms with E-state index in [0.717, 1.165) is 48.3 Å². The predicted molar refractivity (Wildman–Crippen MR) is 134 cm³/mol. The second-order valence-electron chi connectivity index (χ2n) is 9.15. The molecule has 1 saturated heterocycles. The zero-order valence-corrected chi connectivity index (χ0v) is 20.0. The van der Waals surface area contributed by atoms with Crippen molar-refractivity contribution < 1.29 is 19.2 Å². The Labute approximate surface area is 204 Å². The van der Waals surface area contributed by atoms with Gasteiger partial charge in [0.2, 0.25) is 5.91 Å². The van der Waals surface area contributed by atoms with E-state index in [-0.39, 0.29) is 6.42 Å². The molecule has 1 aliphatic rings. The van der Waals surface area contributed by atoms with Gasteiger partial charge in [-0.15, -0.1) is 0 Å². The van der Waals surface area contributed by atoms with Gasteiger partial charge in [0.15, 0.2) is 0 Å². The van der Waals surface area contributed by atoms with E-state index in [1.165, 1.54) is 0 Å². The van der Waals surface area contributed by atoms with Crippen molar-refractivity contribution in [1.82, 2.24) is 16.1 Å². The fourth-order valence-corrected chi connectivity index (χ4v) is 4.44. The summed E-state index contributed by atoms with van der Waals surface area (Å²) in [6.45, 7) is 5.57. The average Bonchev–Trinajstić information content (AvgIpc) is 2.88. The van der Waals surface area contributed by atoms with Gasteiger partial charge in [0.25, 0.3) is 0 Å². The molecule has 8 nitrogen and oxygen atoms in total. The standard InChI is InChI=1S/C27H33N3O5/c1-18-2-9-25-21(14-18)16-22(27(32)35-25)15-20(26(31)30-33)6-3-19-4-7-24(8-5-19)34-13-10-23-17-28-11-12-29-23/h2,4-5,7-9,14,16,20,23,28-29,33H,3,6,10-13,15,17H2,1H3,(H,30,31). The Kier molecular flexibility index (Phi) is 8.52. The Morgan fingerprint density at radius 3 is 2.77 bits per heavy atom. The lowest BCUT2D eigenvalue weighted by molar-refractivity contribution is -0.133. The number of rotatable bonds is 10. The highest BCUT2D eigenvalue weighted by molar-refractivity contribution is 5.79. The molecule has 0 saturated carbocycles. The molecule has 1 amide bonds. The second kappa shape index (κ2) is 12.0. The van der Waals surface area contributed by atoms with Crippen LogP contribution >= 0.6 is 0 Å². The number of piperazine rings is 1. The number of ether oxygens (including phenoxy) is 1. The summed E-state index contributed by atoms with van der Waals surface area (Å²) in [4.78, 5) is 24.8. The molecule has 2 heterocycles. The van der Waals surface area contributed by atoms with E-state index < -0.39 is 17.5 Å². The summed E-state index contributed by atoms with van der Waals surface area (Å²) < 4.78 is 11.3. The van der Waals surface area contributed by atoms with Crippen LogP contribution in [0.15, 0.2) is 57.7 Å². The van der Waals surface area contributed by atoms with Gasteiger partial charge in [0.05, 0.1) is 6.61 Å². The number of carbonyl (C=O) groups is 1. The molecule has 186 valence electrons. The number of hydrogen-bond donors (Lipinski definition) is 4. The molecular weight excluding hydrogens is 446 g/mol. The van der Waals surface area contributed by atoms with Crippen LogP contribution in [0.1, 0.15) is 29.5 Å². The number of hydroxylamine groups is 1. The summed E-state index contributed by atoms with van der Waals surface area (Å²) in [7, 11) is 0. The molecule has 2 atom stereocenters. The Morgan fingerprint density at radius 2 is 2.03 bits per heavy atom. The predicted octanol–water partition coefficient (Wildman–Crippen LogP) is 2.73. The number of fused-ring (bicyclic) bond motifs is 1. The second-order valence-corrected chi connectivity index (χ2v) is 9.15. The van der Waals surface area contributed by atoms with Crippen molar-refractivity contribution in [2.24, 2.45) is 5.92 Å². The van der Waals surface area contributed by atoms with E-state index in [2.05, 4.69) is 10.6 Å². The fourth-order valence-electron chi connectivity index (χ4n) is 4.44. The average molecular weight is 480 g/mol. The van der Waals surface area contributed by atoms with Crippen molar-refractivity contribution >= 4 is 16.9 Å². The number of nitrogens with one attached hydrogen (secondary N) is 3. The molecule has 1 aliphatic heterocycles. The molecule has 0 spiro atoms. The first-order chi connectivity index (χ1) is 17.0. The molecule has 4 rings (SSSR count). The van der Waals surface area contributed by atoms with Crippen molar-refractivity contribution in [3.63, 3.8) is 0 Å². The SMILES string of the molecule is Cc1ccc2oc(=O)c(CC(CCc3ccc(OCCC4CNCCN4)cc3)C(=O)NO)cc2c1. The van der Waals surface area contributed by atoms with Crippen molar-refractivity contribution in [2.45, 2.75) is 38.6 Å². The summed E-state index contributed by atoms with van der Waals surface area (Å²) in [6, 6.07) is 15.6. The van der Waals surface area contributed by atoms with Crippen LogP contribution in [0.3, 0.4) is 0 Å². The minimum absolute atomic E-state index is 0.184. The third kappa shape index (κ3) is 6.91. The first-order valence-corrected chi connectivity index (χ1v) is 12.1. The third-order valence-electron chi connectivity index (χ3n) is 6.47. The molecule has 2 aromatic carbocycles.